The van der Waals surface area contributed by atoms with E-state index in [1.165, 1.54) is 0 Å². The van der Waals surface area contributed by atoms with Gasteiger partial charge in [0, 0.05) is 54.9 Å². The molecule has 0 spiro atoms. The highest BCUT2D eigenvalue weighted by Gasteiger charge is 2.39. The van der Waals surface area contributed by atoms with E-state index in [1.54, 1.807) is 84.3 Å². The van der Waals surface area contributed by atoms with Crippen LogP contribution in [0.3, 0.4) is 0 Å². The molecule has 2 fully saturated rings. The number of rotatable bonds is 13. The van der Waals surface area contributed by atoms with E-state index in [0.717, 1.165) is 16.7 Å². The molecule has 0 bridgehead atoms. The van der Waals surface area contributed by atoms with Crippen LogP contribution in [0.4, 0.5) is 11.4 Å². The number of hydrogen-bond acceptors (Lipinski definition) is 6. The van der Waals surface area contributed by atoms with Gasteiger partial charge in [0.05, 0.1) is 5.92 Å². The number of nitrogens with zero attached hydrogens (tertiary/aromatic N) is 2. The second-order valence-electron chi connectivity index (χ2n) is 14.6. The fraction of sp³-hybridized carbons (Fsp3) is 0.319. The van der Waals surface area contributed by atoms with Gasteiger partial charge in [-0.25, -0.2) is 0 Å². The molecule has 5 amide bonds. The van der Waals surface area contributed by atoms with Crippen molar-refractivity contribution in [3.05, 3.63) is 131 Å². The SMILES string of the molecule is CCC(=O)C[C@@H](C(=O)N1CCC[C@H]1C(=O)Nc1ccc(C#Cc2ccc(NC(=O)[C@@H]3CCCN3C(=O)[C@H](NC(=O)CC)c3ccccc3)cc2)cc1)c1ccccc1. The molecule has 4 aromatic rings. The summed E-state index contributed by atoms with van der Waals surface area (Å²) in [6.45, 7) is 4.39. The van der Waals surface area contributed by atoms with Crippen molar-refractivity contribution in [2.75, 3.05) is 23.7 Å². The fourth-order valence-corrected chi connectivity index (χ4v) is 7.44. The number of hydrogen-bond donors (Lipinski definition) is 3. The lowest BCUT2D eigenvalue weighted by Crippen LogP contribution is -2.48. The minimum absolute atomic E-state index is 0.00287. The van der Waals surface area contributed by atoms with Crippen molar-refractivity contribution in [3.8, 4) is 11.8 Å². The molecule has 2 saturated heterocycles. The third-order valence-electron chi connectivity index (χ3n) is 10.7. The smallest absolute Gasteiger partial charge is 0.250 e. The van der Waals surface area contributed by atoms with Crippen LogP contribution in [0.2, 0.25) is 0 Å². The Bertz CT molecular complexity index is 2010. The van der Waals surface area contributed by atoms with Gasteiger partial charge in [0.1, 0.15) is 23.9 Å². The maximum Gasteiger partial charge on any atom is 0.250 e. The fourth-order valence-electron chi connectivity index (χ4n) is 7.44. The van der Waals surface area contributed by atoms with E-state index in [2.05, 4.69) is 27.8 Å². The maximum atomic E-state index is 13.8. The van der Waals surface area contributed by atoms with Crippen LogP contribution in [0.5, 0.6) is 0 Å². The van der Waals surface area contributed by atoms with Crippen LogP contribution < -0.4 is 16.0 Å². The molecule has 298 valence electrons. The van der Waals surface area contributed by atoms with Crippen LogP contribution in [0.25, 0.3) is 0 Å². The molecule has 0 aliphatic carbocycles. The standard InChI is InChI=1S/C47H49N5O6/c1-3-38(53)31-39(34-13-7-5-8-14-34)46(57)51-29-11-17-40(51)44(55)48-36-25-21-32(22-26-36)19-20-33-23-27-37(28-24-33)49-45(56)41-18-12-30-52(41)47(58)43(50-42(54)4-2)35-15-9-6-10-16-35/h5-10,13-16,21-28,39-41,43H,3-4,11-12,17-18,29-31H2,1-2H3,(H,48,55)(H,49,56)(H,50,54)/t39-,40+,41+,43-/m1/s1. The lowest BCUT2D eigenvalue weighted by Gasteiger charge is -2.29. The molecule has 6 rings (SSSR count). The van der Waals surface area contributed by atoms with Crippen molar-refractivity contribution in [3.63, 3.8) is 0 Å². The lowest BCUT2D eigenvalue weighted by molar-refractivity contribution is -0.140. The Balaban J connectivity index is 1.03. The van der Waals surface area contributed by atoms with Crippen molar-refractivity contribution < 1.29 is 28.8 Å². The summed E-state index contributed by atoms with van der Waals surface area (Å²) in [6.07, 6.45) is 3.12. The van der Waals surface area contributed by atoms with Gasteiger partial charge >= 0.3 is 0 Å². The second-order valence-corrected chi connectivity index (χ2v) is 14.6. The number of benzene rings is 4. The molecule has 0 unspecified atom stereocenters. The molecule has 2 heterocycles. The predicted octanol–water partition coefficient (Wildman–Crippen LogP) is 6.37. The monoisotopic (exact) mass is 779 g/mol. The summed E-state index contributed by atoms with van der Waals surface area (Å²) in [7, 11) is 0. The van der Waals surface area contributed by atoms with Gasteiger partial charge in [-0.15, -0.1) is 0 Å². The summed E-state index contributed by atoms with van der Waals surface area (Å²) < 4.78 is 0. The topological polar surface area (TPSA) is 145 Å². The van der Waals surface area contributed by atoms with Crippen LogP contribution in [0, 0.1) is 11.8 Å². The van der Waals surface area contributed by atoms with Crippen molar-refractivity contribution >= 4 is 46.7 Å². The molecule has 58 heavy (non-hydrogen) atoms. The highest BCUT2D eigenvalue weighted by molar-refractivity contribution is 6.00. The third kappa shape index (κ3) is 10.2. The number of nitrogens with one attached hydrogen (secondary N) is 3. The minimum Gasteiger partial charge on any atom is -0.341 e. The molecule has 11 nitrogen and oxygen atoms in total. The summed E-state index contributed by atoms with van der Waals surface area (Å²) in [5.74, 6) is 4.31. The number of carbonyl (C=O) groups excluding carboxylic acids is 6. The highest BCUT2D eigenvalue weighted by atomic mass is 16.2. The van der Waals surface area contributed by atoms with Crippen LogP contribution in [-0.2, 0) is 28.8 Å². The van der Waals surface area contributed by atoms with E-state index in [1.807, 2.05) is 48.5 Å². The number of likely N-dealkylation sites (tertiary alicyclic amines) is 2. The Morgan fingerprint density at radius 2 is 1.07 bits per heavy atom. The zero-order valence-corrected chi connectivity index (χ0v) is 32.9. The Kier molecular flexibility index (Phi) is 13.9. The first-order valence-electron chi connectivity index (χ1n) is 20.0. The molecular formula is C47H49N5O6. The number of carbonyl (C=O) groups is 6. The molecular weight excluding hydrogens is 731 g/mol. The molecule has 3 N–H and O–H groups in total. The summed E-state index contributed by atoms with van der Waals surface area (Å²) in [6, 6.07) is 30.4. The number of amides is 5. The van der Waals surface area contributed by atoms with E-state index in [-0.39, 0.29) is 48.2 Å². The van der Waals surface area contributed by atoms with E-state index in [9.17, 15) is 28.8 Å². The molecule has 2 aliphatic heterocycles. The quantitative estimate of drug-likeness (QED) is 0.135. The van der Waals surface area contributed by atoms with Gasteiger partial charge in [0.2, 0.25) is 29.5 Å². The Hall–Kier alpha value is -6.54. The van der Waals surface area contributed by atoms with Gasteiger partial charge < -0.3 is 25.8 Å². The average molecular weight is 780 g/mol. The van der Waals surface area contributed by atoms with E-state index in [0.29, 0.717) is 62.1 Å². The normalized spacial score (nSPS) is 17.0. The van der Waals surface area contributed by atoms with Crippen molar-refractivity contribution in [2.45, 2.75) is 82.8 Å². The van der Waals surface area contributed by atoms with E-state index < -0.39 is 24.0 Å². The summed E-state index contributed by atoms with van der Waals surface area (Å²) in [5, 5.41) is 8.71. The van der Waals surface area contributed by atoms with Gasteiger partial charge in [-0.3, -0.25) is 28.8 Å². The summed E-state index contributed by atoms with van der Waals surface area (Å²) >= 11 is 0. The number of ketones is 1. The van der Waals surface area contributed by atoms with Gasteiger partial charge in [0.15, 0.2) is 0 Å². The van der Waals surface area contributed by atoms with Crippen LogP contribution >= 0.6 is 0 Å². The molecule has 0 saturated carbocycles. The average Bonchev–Trinajstić information content (AvgIpc) is 3.97. The van der Waals surface area contributed by atoms with Crippen LogP contribution in [0.1, 0.15) is 93.0 Å². The van der Waals surface area contributed by atoms with Gasteiger partial charge in [-0.2, -0.15) is 0 Å². The largest absolute Gasteiger partial charge is 0.341 e. The van der Waals surface area contributed by atoms with Gasteiger partial charge in [-0.05, 0) is 85.3 Å². The van der Waals surface area contributed by atoms with Gasteiger partial charge in [-0.1, -0.05) is 86.4 Å². The first-order chi connectivity index (χ1) is 28.1. The zero-order valence-electron chi connectivity index (χ0n) is 32.9. The molecule has 4 aromatic carbocycles. The lowest BCUT2D eigenvalue weighted by atomic mass is 9.91. The maximum absolute atomic E-state index is 13.8. The second kappa shape index (κ2) is 19.6. The van der Waals surface area contributed by atoms with Crippen molar-refractivity contribution in [2.24, 2.45) is 0 Å². The zero-order chi connectivity index (χ0) is 41.0. The molecule has 4 atom stereocenters. The van der Waals surface area contributed by atoms with Crippen LogP contribution in [-0.4, -0.2) is 70.3 Å². The van der Waals surface area contributed by atoms with E-state index >= 15 is 0 Å². The van der Waals surface area contributed by atoms with Crippen molar-refractivity contribution in [1.82, 2.24) is 15.1 Å². The highest BCUT2D eigenvalue weighted by Crippen LogP contribution is 2.29. The van der Waals surface area contributed by atoms with Gasteiger partial charge in [0.25, 0.3) is 0 Å². The minimum atomic E-state index is -0.877. The first-order valence-corrected chi connectivity index (χ1v) is 20.0. The summed E-state index contributed by atoms with van der Waals surface area (Å²) in [5.41, 5.74) is 4.05. The number of Topliss-reactive ketones (excluding diaryl/α,β-unsaturated/α-hetero) is 1. The molecule has 11 heteroatoms. The molecule has 2 aliphatic rings. The predicted molar refractivity (Wildman–Crippen MR) is 222 cm³/mol. The first kappa shape index (κ1) is 41.1. The van der Waals surface area contributed by atoms with E-state index in [4.69, 9.17) is 0 Å². The Morgan fingerprint density at radius 3 is 1.53 bits per heavy atom. The number of anilines is 2. The molecule has 0 aromatic heterocycles. The third-order valence-corrected chi connectivity index (χ3v) is 10.7. The summed E-state index contributed by atoms with van der Waals surface area (Å²) in [4.78, 5) is 82.3. The Labute approximate surface area is 339 Å². The van der Waals surface area contributed by atoms with Crippen LogP contribution in [0.15, 0.2) is 109 Å². The Morgan fingerprint density at radius 1 is 0.603 bits per heavy atom. The molecule has 0 radical (unpaired) electrons. The van der Waals surface area contributed by atoms with Crippen molar-refractivity contribution in [1.29, 1.82) is 0 Å².